The Morgan fingerprint density at radius 1 is 1.00 bits per heavy atom. The summed E-state index contributed by atoms with van der Waals surface area (Å²) >= 11 is 0. The van der Waals surface area contributed by atoms with Gasteiger partial charge in [-0.2, -0.15) is 0 Å². The number of carbonyl (C=O) groups excluding carboxylic acids is 1. The highest BCUT2D eigenvalue weighted by molar-refractivity contribution is 5.97. The molecule has 6 heteroatoms. The summed E-state index contributed by atoms with van der Waals surface area (Å²) in [6.45, 7) is 3.70. The number of piperidine rings is 1. The van der Waals surface area contributed by atoms with E-state index in [1.165, 1.54) is 12.0 Å². The second-order valence-electron chi connectivity index (χ2n) is 7.87. The lowest BCUT2D eigenvalue weighted by Gasteiger charge is -2.36. The van der Waals surface area contributed by atoms with Gasteiger partial charge in [-0.05, 0) is 48.6 Å². The Morgan fingerprint density at radius 2 is 1.89 bits per heavy atom. The van der Waals surface area contributed by atoms with Crippen LogP contribution in [-0.4, -0.2) is 56.3 Å². The molecule has 0 spiro atoms. The molecule has 3 saturated heterocycles. The molecule has 1 amide bonds. The van der Waals surface area contributed by atoms with Crippen molar-refractivity contribution in [3.63, 3.8) is 0 Å². The van der Waals surface area contributed by atoms with E-state index in [1.54, 1.807) is 12.4 Å². The van der Waals surface area contributed by atoms with E-state index in [0.29, 0.717) is 11.5 Å². The first-order valence-corrected chi connectivity index (χ1v) is 9.89. The number of nitrogens with zero attached hydrogens (tertiary/aromatic N) is 5. The van der Waals surface area contributed by atoms with Crippen LogP contribution in [0.5, 0.6) is 0 Å². The van der Waals surface area contributed by atoms with Crippen LogP contribution in [0.25, 0.3) is 11.0 Å². The summed E-state index contributed by atoms with van der Waals surface area (Å²) in [5, 5.41) is 0. The average Bonchev–Trinajstić information content (AvgIpc) is 3.04. The Hall–Kier alpha value is -2.86. The Labute approximate surface area is 164 Å². The number of amides is 1. The topological polar surface area (TPSA) is 62.2 Å². The summed E-state index contributed by atoms with van der Waals surface area (Å²) in [7, 11) is 0. The predicted molar refractivity (Wildman–Crippen MR) is 107 cm³/mol. The summed E-state index contributed by atoms with van der Waals surface area (Å²) in [4.78, 5) is 30.8. The van der Waals surface area contributed by atoms with Gasteiger partial charge in [0, 0.05) is 62.6 Å². The second-order valence-corrected chi connectivity index (χ2v) is 7.87. The maximum atomic E-state index is 13.3. The van der Waals surface area contributed by atoms with Gasteiger partial charge in [-0.15, -0.1) is 0 Å². The van der Waals surface area contributed by atoms with E-state index in [9.17, 15) is 4.79 Å². The molecular formula is C22H23N5O. The number of hydrogen-bond donors (Lipinski definition) is 0. The minimum Gasteiger partial charge on any atom is -0.334 e. The fourth-order valence-electron chi connectivity index (χ4n) is 4.57. The molecule has 6 nitrogen and oxygen atoms in total. The fourth-order valence-corrected chi connectivity index (χ4v) is 4.57. The third kappa shape index (κ3) is 3.36. The summed E-state index contributed by atoms with van der Waals surface area (Å²) in [5.74, 6) is 0.644. The van der Waals surface area contributed by atoms with E-state index < -0.39 is 0 Å². The summed E-state index contributed by atoms with van der Waals surface area (Å²) in [6, 6.07) is 10.0. The third-order valence-electron chi connectivity index (χ3n) is 5.90. The first kappa shape index (κ1) is 17.3. The van der Waals surface area contributed by atoms with Gasteiger partial charge in [0.2, 0.25) is 0 Å². The maximum Gasteiger partial charge on any atom is 0.254 e. The van der Waals surface area contributed by atoms with E-state index in [0.717, 1.165) is 43.6 Å². The zero-order valence-corrected chi connectivity index (χ0v) is 15.7. The Bertz CT molecular complexity index is 992. The standard InChI is InChI=1S/C22H23N5O/c28-22(18-4-6-20-21(10-18)25-9-8-24-20)27-14-17-3-5-19(27)15-26(13-17)12-16-2-1-7-23-11-16/h1-2,4,6-11,17,19H,3,5,12-15H2/t17-,19+/m0/s1. The van der Waals surface area contributed by atoms with Gasteiger partial charge in [0.15, 0.2) is 0 Å². The SMILES string of the molecule is O=C(c1ccc2nccnc2c1)N1C[C@H]2CC[C@@H]1CN(Cc1cccnc1)C2. The van der Waals surface area contributed by atoms with Gasteiger partial charge in [0.05, 0.1) is 11.0 Å². The van der Waals surface area contributed by atoms with Crippen molar-refractivity contribution in [2.45, 2.75) is 25.4 Å². The van der Waals surface area contributed by atoms with Crippen molar-refractivity contribution in [2.75, 3.05) is 19.6 Å². The normalized spacial score (nSPS) is 22.4. The molecule has 3 fully saturated rings. The van der Waals surface area contributed by atoms with Gasteiger partial charge >= 0.3 is 0 Å². The Morgan fingerprint density at radius 3 is 2.75 bits per heavy atom. The number of fused-ring (bicyclic) bond motifs is 5. The largest absolute Gasteiger partial charge is 0.334 e. The van der Waals surface area contributed by atoms with Crippen molar-refractivity contribution in [3.05, 3.63) is 66.2 Å². The van der Waals surface area contributed by atoms with Crippen LogP contribution in [0.1, 0.15) is 28.8 Å². The van der Waals surface area contributed by atoms with E-state index in [2.05, 4.69) is 30.8 Å². The van der Waals surface area contributed by atoms with Gasteiger partial charge in [-0.3, -0.25) is 24.6 Å². The lowest BCUT2D eigenvalue weighted by atomic mass is 9.94. The molecule has 0 aliphatic carbocycles. The van der Waals surface area contributed by atoms with Crippen molar-refractivity contribution >= 4 is 16.9 Å². The van der Waals surface area contributed by atoms with E-state index in [1.807, 2.05) is 36.7 Å². The molecule has 5 heterocycles. The number of carbonyl (C=O) groups is 1. The molecule has 6 rings (SSSR count). The maximum absolute atomic E-state index is 13.3. The quantitative estimate of drug-likeness (QED) is 0.706. The molecule has 142 valence electrons. The molecular weight excluding hydrogens is 350 g/mol. The summed E-state index contributed by atoms with van der Waals surface area (Å²) in [6.07, 6.45) is 9.36. The number of pyridine rings is 1. The number of aromatic nitrogens is 3. The van der Waals surface area contributed by atoms with Crippen LogP contribution < -0.4 is 0 Å². The van der Waals surface area contributed by atoms with Crippen LogP contribution in [0.15, 0.2) is 55.1 Å². The molecule has 1 aromatic carbocycles. The van der Waals surface area contributed by atoms with Crippen LogP contribution in [0.2, 0.25) is 0 Å². The molecule has 2 bridgehead atoms. The highest BCUT2D eigenvalue weighted by Gasteiger charge is 2.37. The molecule has 3 aromatic rings. The van der Waals surface area contributed by atoms with E-state index in [-0.39, 0.29) is 11.9 Å². The molecule has 2 aromatic heterocycles. The number of rotatable bonds is 3. The smallest absolute Gasteiger partial charge is 0.254 e. The van der Waals surface area contributed by atoms with E-state index in [4.69, 9.17) is 0 Å². The van der Waals surface area contributed by atoms with E-state index >= 15 is 0 Å². The minimum atomic E-state index is 0.116. The third-order valence-corrected chi connectivity index (χ3v) is 5.90. The second kappa shape index (κ2) is 7.28. The number of benzene rings is 1. The molecule has 0 radical (unpaired) electrons. The van der Waals surface area contributed by atoms with Crippen LogP contribution >= 0.6 is 0 Å². The van der Waals surface area contributed by atoms with Crippen LogP contribution in [0.3, 0.4) is 0 Å². The molecule has 0 unspecified atom stereocenters. The highest BCUT2D eigenvalue weighted by Crippen LogP contribution is 2.30. The first-order valence-electron chi connectivity index (χ1n) is 9.89. The Kier molecular flexibility index (Phi) is 4.49. The molecule has 3 aliphatic rings. The van der Waals surface area contributed by atoms with Crippen molar-refractivity contribution in [1.29, 1.82) is 0 Å². The van der Waals surface area contributed by atoms with Gasteiger partial charge < -0.3 is 4.90 Å². The summed E-state index contributed by atoms with van der Waals surface area (Å²) < 4.78 is 0. The van der Waals surface area contributed by atoms with Crippen molar-refractivity contribution < 1.29 is 4.79 Å². The van der Waals surface area contributed by atoms with Crippen molar-refractivity contribution in [2.24, 2.45) is 5.92 Å². The number of hydrogen-bond acceptors (Lipinski definition) is 5. The molecule has 0 saturated carbocycles. The van der Waals surface area contributed by atoms with Crippen LogP contribution in [0.4, 0.5) is 0 Å². The van der Waals surface area contributed by atoms with Crippen molar-refractivity contribution in [1.82, 2.24) is 24.8 Å². The highest BCUT2D eigenvalue weighted by atomic mass is 16.2. The summed E-state index contributed by atoms with van der Waals surface area (Å²) in [5.41, 5.74) is 3.53. The monoisotopic (exact) mass is 373 g/mol. The van der Waals surface area contributed by atoms with Crippen LogP contribution in [-0.2, 0) is 6.54 Å². The van der Waals surface area contributed by atoms with Gasteiger partial charge in [0.25, 0.3) is 5.91 Å². The minimum absolute atomic E-state index is 0.116. The van der Waals surface area contributed by atoms with Gasteiger partial charge in [-0.1, -0.05) is 6.07 Å². The molecule has 2 atom stereocenters. The van der Waals surface area contributed by atoms with Crippen LogP contribution in [0, 0.1) is 5.92 Å². The van der Waals surface area contributed by atoms with Gasteiger partial charge in [-0.25, -0.2) is 0 Å². The zero-order chi connectivity index (χ0) is 18.9. The molecule has 3 aliphatic heterocycles. The lowest BCUT2D eigenvalue weighted by molar-refractivity contribution is 0.0585. The Balaban J connectivity index is 1.36. The first-order chi connectivity index (χ1) is 13.8. The fraction of sp³-hybridized carbons (Fsp3) is 0.364. The predicted octanol–water partition coefficient (Wildman–Crippen LogP) is 2.76. The lowest BCUT2D eigenvalue weighted by Crippen LogP contribution is -2.47. The average molecular weight is 373 g/mol. The van der Waals surface area contributed by atoms with Crippen molar-refractivity contribution in [3.8, 4) is 0 Å². The zero-order valence-electron chi connectivity index (χ0n) is 15.7. The van der Waals surface area contributed by atoms with Gasteiger partial charge in [0.1, 0.15) is 0 Å². The molecule has 28 heavy (non-hydrogen) atoms. The molecule has 0 N–H and O–H groups in total.